The summed E-state index contributed by atoms with van der Waals surface area (Å²) >= 11 is 0. The molecule has 2 amide bonds. The molecule has 0 aliphatic carbocycles. The highest BCUT2D eigenvalue weighted by Gasteiger charge is 2.35. The van der Waals surface area contributed by atoms with Crippen molar-refractivity contribution in [3.63, 3.8) is 0 Å². The summed E-state index contributed by atoms with van der Waals surface area (Å²) in [5.74, 6) is -1.43. The Bertz CT molecular complexity index is 1650. The number of benzene rings is 2. The van der Waals surface area contributed by atoms with Crippen LogP contribution in [0.4, 0.5) is 5.69 Å². The number of carbonyl (C=O) groups is 3. The molecule has 0 bridgehead atoms. The molecule has 0 radical (unpaired) electrons. The number of hydrogen-bond donors (Lipinski definition) is 3. The van der Waals surface area contributed by atoms with Gasteiger partial charge >= 0.3 is 5.97 Å². The van der Waals surface area contributed by atoms with Gasteiger partial charge < -0.3 is 30.8 Å². The fraction of sp³-hybridized carbons (Fsp3) is 0.485. The number of carbonyl (C=O) groups excluding carboxylic acids is 2. The Balaban J connectivity index is 0.00000256. The van der Waals surface area contributed by atoms with Crippen molar-refractivity contribution in [2.24, 2.45) is 12.8 Å². The first kappa shape index (κ1) is 40.0. The van der Waals surface area contributed by atoms with Gasteiger partial charge in [-0.05, 0) is 49.0 Å². The van der Waals surface area contributed by atoms with Crippen LogP contribution in [-0.4, -0.2) is 95.1 Å². The van der Waals surface area contributed by atoms with Gasteiger partial charge in [0.2, 0.25) is 5.91 Å². The molecule has 3 aromatic rings. The summed E-state index contributed by atoms with van der Waals surface area (Å²) in [4.78, 5) is 44.9. The Morgan fingerprint density at radius 2 is 1.64 bits per heavy atom. The van der Waals surface area contributed by atoms with Gasteiger partial charge in [0.25, 0.3) is 5.91 Å². The minimum absolute atomic E-state index is 0. The van der Waals surface area contributed by atoms with E-state index in [2.05, 4.69) is 9.80 Å². The lowest BCUT2D eigenvalue weighted by Gasteiger charge is -2.37. The second-order valence-corrected chi connectivity index (χ2v) is 13.0. The molecule has 2 fully saturated rings. The van der Waals surface area contributed by atoms with Crippen molar-refractivity contribution < 1.29 is 24.2 Å². The second kappa shape index (κ2) is 15.3. The van der Waals surface area contributed by atoms with Crippen molar-refractivity contribution in [3.05, 3.63) is 46.6 Å². The number of primary amides is 1. The maximum atomic E-state index is 13.1. The van der Waals surface area contributed by atoms with Crippen molar-refractivity contribution in [2.75, 3.05) is 52.6 Å². The summed E-state index contributed by atoms with van der Waals surface area (Å²) in [6.07, 6.45) is 1.97. The molecule has 47 heavy (non-hydrogen) atoms. The Morgan fingerprint density at radius 1 is 1.00 bits per heavy atom. The van der Waals surface area contributed by atoms with Crippen LogP contribution in [0, 0.1) is 0 Å². The van der Waals surface area contributed by atoms with Gasteiger partial charge in [-0.15, -0.1) is 37.2 Å². The summed E-state index contributed by atoms with van der Waals surface area (Å²) in [7, 11) is 5.19. The largest absolute Gasteiger partial charge is 0.494 e. The second-order valence-electron chi connectivity index (χ2n) is 13.0. The van der Waals surface area contributed by atoms with Gasteiger partial charge in [-0.1, -0.05) is 39.0 Å². The lowest BCUT2D eigenvalue weighted by atomic mass is 9.79. The lowest BCUT2D eigenvalue weighted by molar-refractivity contribution is -0.137. The molecule has 2 aromatic carbocycles. The molecule has 0 spiro atoms. The minimum atomic E-state index is -1.09. The molecule has 2 aliphatic heterocycles. The van der Waals surface area contributed by atoms with Crippen molar-refractivity contribution in [3.8, 4) is 16.9 Å². The van der Waals surface area contributed by atoms with Gasteiger partial charge in [0.1, 0.15) is 5.69 Å². The van der Waals surface area contributed by atoms with Crippen LogP contribution in [0.25, 0.3) is 22.0 Å². The first-order chi connectivity index (χ1) is 20.8. The summed E-state index contributed by atoms with van der Waals surface area (Å²) in [6.45, 7) is 10.3. The third-order valence-corrected chi connectivity index (χ3v) is 9.23. The van der Waals surface area contributed by atoms with Crippen molar-refractivity contribution in [1.82, 2.24) is 19.3 Å². The molecular weight excluding hydrogens is 667 g/mol. The molecule has 11 nitrogen and oxygen atoms in total. The zero-order chi connectivity index (χ0) is 32.1. The number of likely N-dealkylation sites (N-methyl/N-ethyl adjacent to an activating group) is 1. The molecule has 5 N–H and O–H groups in total. The molecule has 1 aromatic heterocycles. The van der Waals surface area contributed by atoms with Crippen molar-refractivity contribution in [1.29, 1.82) is 0 Å². The van der Waals surface area contributed by atoms with E-state index in [0.29, 0.717) is 36.3 Å². The number of hydrogen-bond acceptors (Lipinski definition) is 7. The molecule has 0 saturated carbocycles. The number of piperazine rings is 1. The standard InChI is InChI=1S/C33H44N6O5.3ClH/c1-33(2,3)22-17-21(30(35)40)29(44-6)26(34)25(22)24-20-10-7-9-19(27(20)37(5)28(24)32(42)43)18-38-13-15-39(16-14-38)31(41)23-11-8-12-36(23)4;;;/h7,9-10,17,23H,8,11-16,18,34H2,1-6H3,(H2,35,40)(H,42,43);3*1H. The van der Waals surface area contributed by atoms with E-state index in [1.807, 2.05) is 50.9 Å². The minimum Gasteiger partial charge on any atom is -0.494 e. The van der Waals surface area contributed by atoms with Crippen LogP contribution in [0.2, 0.25) is 0 Å². The van der Waals surface area contributed by atoms with Gasteiger partial charge in [-0.25, -0.2) is 4.79 Å². The number of amides is 2. The van der Waals surface area contributed by atoms with Gasteiger partial charge in [0, 0.05) is 56.3 Å². The topological polar surface area (TPSA) is 147 Å². The number of halogens is 3. The maximum Gasteiger partial charge on any atom is 0.353 e. The van der Waals surface area contributed by atoms with E-state index in [1.54, 1.807) is 17.7 Å². The number of nitrogens with two attached hydrogens (primary N) is 2. The van der Waals surface area contributed by atoms with Crippen LogP contribution in [0.1, 0.15) is 65.6 Å². The monoisotopic (exact) mass is 712 g/mol. The van der Waals surface area contributed by atoms with E-state index >= 15 is 0 Å². The number of ether oxygens (including phenoxy) is 1. The highest BCUT2D eigenvalue weighted by Crippen LogP contribution is 2.48. The first-order valence-corrected chi connectivity index (χ1v) is 15.1. The van der Waals surface area contributed by atoms with Crippen molar-refractivity contribution in [2.45, 2.75) is 51.6 Å². The predicted molar refractivity (Wildman–Crippen MR) is 193 cm³/mol. The molecule has 5 rings (SSSR count). The number of aryl methyl sites for hydroxylation is 1. The Labute approximate surface area is 294 Å². The smallest absolute Gasteiger partial charge is 0.353 e. The van der Waals surface area contributed by atoms with Crippen molar-refractivity contribution >= 4 is 71.6 Å². The number of para-hydroxylation sites is 1. The Kier molecular flexibility index (Phi) is 13.0. The third-order valence-electron chi connectivity index (χ3n) is 9.23. The number of nitrogen functional groups attached to an aromatic ring is 1. The zero-order valence-electron chi connectivity index (χ0n) is 27.8. The van der Waals surface area contributed by atoms with Crippen LogP contribution in [-0.2, 0) is 23.8 Å². The number of carboxylic acid groups (broad SMARTS) is 1. The summed E-state index contributed by atoms with van der Waals surface area (Å²) in [6, 6.07) is 7.52. The quantitative estimate of drug-likeness (QED) is 0.303. The molecular formula is C33H47Cl3N6O5. The molecule has 1 unspecified atom stereocenters. The number of aromatic nitrogens is 1. The molecule has 14 heteroatoms. The molecule has 3 heterocycles. The molecule has 2 saturated heterocycles. The lowest BCUT2D eigenvalue weighted by Crippen LogP contribution is -2.52. The first-order valence-electron chi connectivity index (χ1n) is 15.1. The van der Waals surface area contributed by atoms with Crippen LogP contribution < -0.4 is 16.2 Å². The number of nitrogens with zero attached hydrogens (tertiary/aromatic N) is 4. The number of anilines is 1. The van der Waals surface area contributed by atoms with Gasteiger partial charge in [-0.2, -0.15) is 0 Å². The fourth-order valence-electron chi connectivity index (χ4n) is 6.98. The number of methoxy groups -OCH3 is 1. The Morgan fingerprint density at radius 3 is 2.15 bits per heavy atom. The van der Waals surface area contributed by atoms with Crippen LogP contribution in [0.15, 0.2) is 24.3 Å². The molecule has 2 aliphatic rings. The number of aromatic carboxylic acids is 1. The number of carboxylic acids is 1. The normalized spacial score (nSPS) is 17.1. The summed E-state index contributed by atoms with van der Waals surface area (Å²) < 4.78 is 7.28. The summed E-state index contributed by atoms with van der Waals surface area (Å²) in [5.41, 5.74) is 15.8. The average Bonchev–Trinajstić information content (AvgIpc) is 3.52. The molecule has 260 valence electrons. The van der Waals surface area contributed by atoms with E-state index in [-0.39, 0.29) is 71.9 Å². The van der Waals surface area contributed by atoms with E-state index in [1.165, 1.54) is 7.11 Å². The number of likely N-dealkylation sites (tertiary alicyclic amines) is 1. The highest BCUT2D eigenvalue weighted by molar-refractivity contribution is 6.13. The number of fused-ring (bicyclic) bond motifs is 1. The van der Waals surface area contributed by atoms with E-state index in [9.17, 15) is 19.5 Å². The van der Waals surface area contributed by atoms with Crippen LogP contribution >= 0.6 is 37.2 Å². The van der Waals surface area contributed by atoms with Crippen LogP contribution in [0.5, 0.6) is 5.75 Å². The zero-order valence-corrected chi connectivity index (χ0v) is 30.2. The third kappa shape index (κ3) is 7.29. The van der Waals surface area contributed by atoms with E-state index in [0.717, 1.165) is 48.9 Å². The van der Waals surface area contributed by atoms with E-state index < -0.39 is 17.3 Å². The van der Waals surface area contributed by atoms with E-state index in [4.69, 9.17) is 16.2 Å². The number of rotatable bonds is 7. The van der Waals surface area contributed by atoms with Gasteiger partial charge in [0.15, 0.2) is 5.75 Å². The van der Waals surface area contributed by atoms with Gasteiger partial charge in [-0.3, -0.25) is 19.4 Å². The van der Waals surface area contributed by atoms with Gasteiger partial charge in [0.05, 0.1) is 29.9 Å². The average molecular weight is 714 g/mol. The van der Waals surface area contributed by atoms with Crippen LogP contribution in [0.3, 0.4) is 0 Å². The fourth-order valence-corrected chi connectivity index (χ4v) is 6.98. The summed E-state index contributed by atoms with van der Waals surface area (Å²) in [5, 5.41) is 11.3. The maximum absolute atomic E-state index is 13.1. The predicted octanol–water partition coefficient (Wildman–Crippen LogP) is 4.53. The Hall–Kier alpha value is -3.22. The highest BCUT2D eigenvalue weighted by atomic mass is 35.5. The molecule has 1 atom stereocenters. The SMILES string of the molecule is COc1c(C(N)=O)cc(C(C)(C)C)c(-c2c(C(=O)O)n(C)c3c(CN4CCN(C(=O)C5CCCN5C)CC4)cccc23)c1N.Cl.Cl.Cl.